The summed E-state index contributed by atoms with van der Waals surface area (Å²) in [6.07, 6.45) is 1.63. The van der Waals surface area contributed by atoms with Crippen molar-refractivity contribution in [2.24, 2.45) is 0 Å². The number of halogens is 3. The van der Waals surface area contributed by atoms with Crippen LogP contribution < -0.4 is 4.74 Å². The summed E-state index contributed by atoms with van der Waals surface area (Å²) >= 11 is 0. The van der Waals surface area contributed by atoms with Crippen LogP contribution in [0, 0.1) is 17.5 Å². The second kappa shape index (κ2) is 10.1. The van der Waals surface area contributed by atoms with E-state index in [9.17, 15) is 22.8 Å². The third kappa shape index (κ3) is 5.84. The minimum absolute atomic E-state index is 0.0174. The van der Waals surface area contributed by atoms with E-state index in [-0.39, 0.29) is 29.2 Å². The average Bonchev–Trinajstić information content (AvgIpc) is 3.20. The molecule has 0 N–H and O–H groups in total. The van der Waals surface area contributed by atoms with Gasteiger partial charge < -0.3 is 9.47 Å². The van der Waals surface area contributed by atoms with E-state index in [1.165, 1.54) is 6.20 Å². The zero-order chi connectivity index (χ0) is 25.0. The Balaban J connectivity index is 1.91. The van der Waals surface area contributed by atoms with Gasteiger partial charge in [-0.25, -0.2) is 18.0 Å². The Morgan fingerprint density at radius 1 is 1.00 bits per heavy atom. The lowest BCUT2D eigenvalue weighted by Gasteiger charge is -2.18. The molecule has 0 saturated carbocycles. The van der Waals surface area contributed by atoms with Crippen molar-refractivity contribution >= 4 is 11.9 Å². The molecule has 0 atom stereocenters. The maximum Gasteiger partial charge on any atom is 0.435 e. The van der Waals surface area contributed by atoms with Crippen molar-refractivity contribution in [3.8, 4) is 17.0 Å². The fourth-order valence-electron chi connectivity index (χ4n) is 3.12. The monoisotopic (exact) mass is 474 g/mol. The first kappa shape index (κ1) is 25.0. The normalized spacial score (nSPS) is 11.4. The maximum absolute atomic E-state index is 14.5. The minimum atomic E-state index is -1.65. The molecule has 2 aromatic carbocycles. The number of nitrogens with zero attached hydrogens (tertiary/aromatic N) is 2. The van der Waals surface area contributed by atoms with E-state index >= 15 is 0 Å². The van der Waals surface area contributed by atoms with Crippen LogP contribution in [0.15, 0.2) is 42.6 Å². The van der Waals surface area contributed by atoms with Gasteiger partial charge in [0, 0.05) is 29.3 Å². The molecular formula is C25H25F3N2O4. The Hall–Kier alpha value is -3.62. The number of carbonyl (C=O) groups excluding carboxylic acids is 2. The number of rotatable bonds is 7. The molecule has 0 spiro atoms. The Bertz CT molecular complexity index is 1200. The molecule has 0 bridgehead atoms. The molecule has 1 heterocycles. The number of Topliss-reactive ketones (excluding diaryl/α,β-unsaturated/α-hetero) is 1. The fourth-order valence-corrected chi connectivity index (χ4v) is 3.12. The first-order valence-corrected chi connectivity index (χ1v) is 10.7. The molecular weight excluding hydrogens is 449 g/mol. The zero-order valence-electron chi connectivity index (χ0n) is 19.3. The second-order valence-corrected chi connectivity index (χ2v) is 8.64. The lowest BCUT2D eigenvalue weighted by atomic mass is 10.1. The lowest BCUT2D eigenvalue weighted by Crippen LogP contribution is -2.27. The summed E-state index contributed by atoms with van der Waals surface area (Å²) in [6, 6.07) is 8.29. The summed E-state index contributed by atoms with van der Waals surface area (Å²) in [7, 11) is 0. The van der Waals surface area contributed by atoms with Crippen molar-refractivity contribution in [3.63, 3.8) is 0 Å². The molecule has 0 aliphatic rings. The predicted molar refractivity (Wildman–Crippen MR) is 119 cm³/mol. The molecule has 0 fully saturated rings. The van der Waals surface area contributed by atoms with Gasteiger partial charge in [-0.15, -0.1) is 0 Å². The van der Waals surface area contributed by atoms with Gasteiger partial charge in [-0.3, -0.25) is 4.79 Å². The molecule has 6 nitrogen and oxygen atoms in total. The van der Waals surface area contributed by atoms with Crippen molar-refractivity contribution in [2.45, 2.75) is 52.7 Å². The first-order chi connectivity index (χ1) is 16.0. The highest BCUT2D eigenvalue weighted by atomic mass is 19.2. The van der Waals surface area contributed by atoms with E-state index in [2.05, 4.69) is 5.10 Å². The van der Waals surface area contributed by atoms with Gasteiger partial charge in [-0.2, -0.15) is 9.78 Å². The van der Waals surface area contributed by atoms with E-state index in [0.29, 0.717) is 17.7 Å². The summed E-state index contributed by atoms with van der Waals surface area (Å²) in [4.78, 5) is 24.5. The molecule has 0 saturated heterocycles. The van der Waals surface area contributed by atoms with Gasteiger partial charge in [0.2, 0.25) is 0 Å². The van der Waals surface area contributed by atoms with Crippen molar-refractivity contribution in [1.29, 1.82) is 0 Å². The molecule has 0 radical (unpaired) electrons. The van der Waals surface area contributed by atoms with E-state index in [0.717, 1.165) is 23.2 Å². The SMILES string of the molecule is CCCC(=O)c1ccc(OCc2cn(C(=O)OC(C)(C)C)nc2-c2ccc(F)c(F)c2F)cc1. The van der Waals surface area contributed by atoms with Crippen LogP contribution >= 0.6 is 0 Å². The van der Waals surface area contributed by atoms with Crippen LogP contribution in [0.3, 0.4) is 0 Å². The van der Waals surface area contributed by atoms with Gasteiger partial charge in [0.05, 0.1) is 0 Å². The average molecular weight is 474 g/mol. The topological polar surface area (TPSA) is 70.4 Å². The van der Waals surface area contributed by atoms with Gasteiger partial charge in [0.15, 0.2) is 23.2 Å². The number of carbonyl (C=O) groups is 2. The highest BCUT2D eigenvalue weighted by Gasteiger charge is 2.24. The Kier molecular flexibility index (Phi) is 7.44. The zero-order valence-corrected chi connectivity index (χ0v) is 19.3. The Morgan fingerprint density at radius 2 is 1.68 bits per heavy atom. The van der Waals surface area contributed by atoms with Crippen LogP contribution in [0.25, 0.3) is 11.3 Å². The Labute approximate surface area is 195 Å². The fraction of sp³-hybridized carbons (Fsp3) is 0.320. The summed E-state index contributed by atoms with van der Waals surface area (Å²) < 4.78 is 53.7. The highest BCUT2D eigenvalue weighted by molar-refractivity contribution is 5.96. The molecule has 9 heteroatoms. The minimum Gasteiger partial charge on any atom is -0.489 e. The van der Waals surface area contributed by atoms with Gasteiger partial charge >= 0.3 is 6.09 Å². The number of hydrogen-bond donors (Lipinski definition) is 0. The quantitative estimate of drug-likeness (QED) is 0.296. The predicted octanol–water partition coefficient (Wildman–Crippen LogP) is 6.31. The number of benzene rings is 2. The molecule has 0 aliphatic carbocycles. The molecule has 3 aromatic rings. The standard InChI is InChI=1S/C25H25F3N2O4/c1-5-6-20(31)15-7-9-17(10-8-15)33-14-16-13-30(24(32)34-25(2,3)4)29-23(16)18-11-12-19(26)22(28)21(18)27/h7-13H,5-6,14H2,1-4H3. The third-order valence-electron chi connectivity index (χ3n) is 4.71. The summed E-state index contributed by atoms with van der Waals surface area (Å²) in [6.45, 7) is 6.76. The number of hydrogen-bond acceptors (Lipinski definition) is 5. The first-order valence-electron chi connectivity index (χ1n) is 10.7. The number of ether oxygens (including phenoxy) is 2. The van der Waals surface area contributed by atoms with Crippen molar-refractivity contribution in [3.05, 3.63) is 71.2 Å². The van der Waals surface area contributed by atoms with Crippen LogP contribution in [0.1, 0.15) is 56.5 Å². The lowest BCUT2D eigenvalue weighted by molar-refractivity contribution is 0.0514. The van der Waals surface area contributed by atoms with Crippen molar-refractivity contribution < 1.29 is 32.2 Å². The molecule has 1 aromatic heterocycles. The molecule has 180 valence electrons. The van der Waals surface area contributed by atoms with E-state index in [1.54, 1.807) is 45.0 Å². The Morgan fingerprint density at radius 3 is 2.29 bits per heavy atom. The summed E-state index contributed by atoms with van der Waals surface area (Å²) in [5.74, 6) is -4.00. The van der Waals surface area contributed by atoms with E-state index in [1.807, 2.05) is 6.92 Å². The van der Waals surface area contributed by atoms with Gasteiger partial charge in [-0.05, 0) is 63.6 Å². The summed E-state index contributed by atoms with van der Waals surface area (Å²) in [5.41, 5.74) is -0.458. The molecule has 3 rings (SSSR count). The van der Waals surface area contributed by atoms with Crippen LogP contribution in [0.2, 0.25) is 0 Å². The van der Waals surface area contributed by atoms with Crippen LogP contribution in [0.5, 0.6) is 5.75 Å². The molecule has 0 unspecified atom stereocenters. The highest BCUT2D eigenvalue weighted by Crippen LogP contribution is 2.29. The molecule has 34 heavy (non-hydrogen) atoms. The van der Waals surface area contributed by atoms with Crippen molar-refractivity contribution in [1.82, 2.24) is 9.78 Å². The number of aromatic nitrogens is 2. The molecule has 0 aliphatic heterocycles. The van der Waals surface area contributed by atoms with Gasteiger partial charge in [0.25, 0.3) is 0 Å². The number of ketones is 1. The summed E-state index contributed by atoms with van der Waals surface area (Å²) in [5, 5.41) is 4.05. The van der Waals surface area contributed by atoms with E-state index < -0.39 is 29.1 Å². The maximum atomic E-state index is 14.5. The third-order valence-corrected chi connectivity index (χ3v) is 4.71. The van der Waals surface area contributed by atoms with Gasteiger partial charge in [-0.1, -0.05) is 6.92 Å². The van der Waals surface area contributed by atoms with Crippen molar-refractivity contribution in [2.75, 3.05) is 0 Å². The van der Waals surface area contributed by atoms with Crippen LogP contribution in [-0.4, -0.2) is 27.3 Å². The van der Waals surface area contributed by atoms with Crippen LogP contribution in [-0.2, 0) is 11.3 Å². The largest absolute Gasteiger partial charge is 0.489 e. The van der Waals surface area contributed by atoms with Crippen LogP contribution in [0.4, 0.5) is 18.0 Å². The smallest absolute Gasteiger partial charge is 0.435 e. The molecule has 0 amide bonds. The van der Waals surface area contributed by atoms with Gasteiger partial charge in [0.1, 0.15) is 23.7 Å². The second-order valence-electron chi connectivity index (χ2n) is 8.64. The van der Waals surface area contributed by atoms with E-state index in [4.69, 9.17) is 9.47 Å².